The molecule has 0 amide bonds. The molecule has 3 atom stereocenters. The number of H-pyrrole nitrogens is 1. The minimum atomic E-state index is -0.487. The molecule has 0 unspecified atom stereocenters. The van der Waals surface area contributed by atoms with Crippen LogP contribution >= 0.6 is 0 Å². The van der Waals surface area contributed by atoms with Crippen LogP contribution in [0.3, 0.4) is 0 Å². The molecule has 4 aliphatic heterocycles. The molecule has 3 saturated heterocycles. The molecule has 1 aromatic carbocycles. The third-order valence-electron chi connectivity index (χ3n) is 10.7. The summed E-state index contributed by atoms with van der Waals surface area (Å²) in [6, 6.07) is 2.25. The second kappa shape index (κ2) is 10.3. The Hall–Kier alpha value is -3.83. The quantitative estimate of drug-likeness (QED) is 0.308. The summed E-state index contributed by atoms with van der Waals surface area (Å²) in [7, 11) is 0. The third kappa shape index (κ3) is 4.26. The zero-order chi connectivity index (χ0) is 30.3. The molecule has 1 N–H and O–H groups in total. The summed E-state index contributed by atoms with van der Waals surface area (Å²) in [6.45, 7) is 11.1. The van der Waals surface area contributed by atoms with E-state index in [0.717, 1.165) is 80.1 Å². The van der Waals surface area contributed by atoms with Crippen molar-refractivity contribution in [2.75, 3.05) is 51.0 Å². The van der Waals surface area contributed by atoms with Gasteiger partial charge in [-0.2, -0.15) is 15.1 Å². The molecule has 234 valence electrons. The van der Waals surface area contributed by atoms with Gasteiger partial charge in [-0.25, -0.2) is 9.37 Å². The molecule has 1 aliphatic carbocycles. The van der Waals surface area contributed by atoms with Crippen LogP contribution in [0, 0.1) is 5.82 Å². The Morgan fingerprint density at radius 1 is 1.18 bits per heavy atom. The Bertz CT molecular complexity index is 1860. The Labute approximate surface area is 261 Å². The van der Waals surface area contributed by atoms with Gasteiger partial charge in [-0.1, -0.05) is 19.1 Å². The minimum absolute atomic E-state index is 0.0914. The van der Waals surface area contributed by atoms with E-state index in [1.165, 1.54) is 11.1 Å². The van der Waals surface area contributed by atoms with E-state index < -0.39 is 5.82 Å². The molecule has 10 nitrogen and oxygen atoms in total. The minimum Gasteiger partial charge on any atom is -0.475 e. The van der Waals surface area contributed by atoms with Crippen molar-refractivity contribution in [3.8, 4) is 23.1 Å². The summed E-state index contributed by atoms with van der Waals surface area (Å²) < 4.78 is 36.1. The smallest absolute Gasteiger partial charge is 0.319 e. The van der Waals surface area contributed by atoms with Crippen LogP contribution in [0.15, 0.2) is 24.4 Å². The van der Waals surface area contributed by atoms with Crippen molar-refractivity contribution in [2.24, 2.45) is 0 Å². The van der Waals surface area contributed by atoms with E-state index in [9.17, 15) is 0 Å². The van der Waals surface area contributed by atoms with Crippen molar-refractivity contribution in [3.05, 3.63) is 41.4 Å². The maximum Gasteiger partial charge on any atom is 0.319 e. The van der Waals surface area contributed by atoms with Crippen LogP contribution in [0.1, 0.15) is 62.5 Å². The molecule has 0 radical (unpaired) electrons. The number of fused-ring (bicyclic) bond motifs is 5. The van der Waals surface area contributed by atoms with Crippen LogP contribution in [0.2, 0.25) is 0 Å². The van der Waals surface area contributed by atoms with Crippen LogP contribution < -0.4 is 14.4 Å². The summed E-state index contributed by atoms with van der Waals surface area (Å²) in [5.74, 6) is 0.717. The number of hydrogen-bond acceptors (Lipinski definition) is 9. The van der Waals surface area contributed by atoms with Crippen molar-refractivity contribution >= 4 is 27.6 Å². The van der Waals surface area contributed by atoms with Crippen molar-refractivity contribution in [3.63, 3.8) is 0 Å². The maximum atomic E-state index is 17.3. The summed E-state index contributed by atoms with van der Waals surface area (Å²) in [5.41, 5.74) is 5.54. The SMILES string of the molecule is C=C1CN2CCC[C@@]2(COc2nc3c4c(nc(-c5c6c(cc7[nH]ncc57)CCC[C@@H]6C)c(F)c4n2)OC[C@@H]2COCCCN32)C1. The van der Waals surface area contributed by atoms with Gasteiger partial charge in [0.1, 0.15) is 35.6 Å². The van der Waals surface area contributed by atoms with Crippen molar-refractivity contribution in [2.45, 2.75) is 69.4 Å². The predicted molar refractivity (Wildman–Crippen MR) is 169 cm³/mol. The summed E-state index contributed by atoms with van der Waals surface area (Å²) in [6.07, 6.45) is 8.74. The molecular formula is C34H38FN7O3. The van der Waals surface area contributed by atoms with Gasteiger partial charge in [-0.3, -0.25) is 10.00 Å². The first-order valence-corrected chi connectivity index (χ1v) is 16.4. The first-order chi connectivity index (χ1) is 22.0. The van der Waals surface area contributed by atoms with Crippen molar-refractivity contribution in [1.29, 1.82) is 0 Å². The Kier molecular flexibility index (Phi) is 6.32. The van der Waals surface area contributed by atoms with Crippen LogP contribution in [-0.2, 0) is 11.2 Å². The van der Waals surface area contributed by atoms with Gasteiger partial charge < -0.3 is 19.1 Å². The average Bonchev–Trinajstić information content (AvgIpc) is 3.64. The zero-order valence-electron chi connectivity index (χ0n) is 25.7. The van der Waals surface area contributed by atoms with Gasteiger partial charge in [-0.05, 0) is 74.6 Å². The van der Waals surface area contributed by atoms with Crippen LogP contribution in [-0.4, -0.2) is 87.7 Å². The number of ether oxygens (including phenoxy) is 3. The molecule has 3 fully saturated rings. The second-order valence-electron chi connectivity index (χ2n) is 13.6. The van der Waals surface area contributed by atoms with Crippen LogP contribution in [0.5, 0.6) is 11.9 Å². The van der Waals surface area contributed by atoms with E-state index in [1.54, 1.807) is 6.20 Å². The molecule has 45 heavy (non-hydrogen) atoms. The van der Waals surface area contributed by atoms with E-state index >= 15 is 4.39 Å². The van der Waals surface area contributed by atoms with E-state index in [-0.39, 0.29) is 34.7 Å². The van der Waals surface area contributed by atoms with Gasteiger partial charge in [0, 0.05) is 30.6 Å². The number of halogens is 1. The fourth-order valence-corrected chi connectivity index (χ4v) is 8.64. The van der Waals surface area contributed by atoms with E-state index in [2.05, 4.69) is 39.6 Å². The van der Waals surface area contributed by atoms with Gasteiger partial charge in [0.15, 0.2) is 5.82 Å². The molecule has 9 rings (SSSR count). The van der Waals surface area contributed by atoms with E-state index in [4.69, 9.17) is 29.2 Å². The number of nitrogens with one attached hydrogen (secondary N) is 1. The highest BCUT2D eigenvalue weighted by molar-refractivity contribution is 6.02. The molecule has 11 heteroatoms. The van der Waals surface area contributed by atoms with Crippen LogP contribution in [0.4, 0.5) is 10.2 Å². The normalized spacial score (nSPS) is 26.4. The number of anilines is 1. The molecule has 0 saturated carbocycles. The summed E-state index contributed by atoms with van der Waals surface area (Å²) in [5, 5.41) is 8.80. The molecular weight excluding hydrogens is 573 g/mol. The Morgan fingerprint density at radius 2 is 2.11 bits per heavy atom. The number of rotatable bonds is 4. The molecule has 7 heterocycles. The number of pyridine rings is 1. The van der Waals surface area contributed by atoms with E-state index in [1.807, 2.05) is 0 Å². The van der Waals surface area contributed by atoms with Crippen LogP contribution in [0.25, 0.3) is 33.1 Å². The molecule has 5 aliphatic rings. The lowest BCUT2D eigenvalue weighted by molar-refractivity contribution is 0.108. The highest BCUT2D eigenvalue weighted by Crippen LogP contribution is 2.47. The monoisotopic (exact) mass is 611 g/mol. The van der Waals surface area contributed by atoms with Crippen molar-refractivity contribution in [1.82, 2.24) is 30.0 Å². The number of benzene rings is 1. The highest BCUT2D eigenvalue weighted by Gasteiger charge is 2.47. The van der Waals surface area contributed by atoms with Gasteiger partial charge in [0.05, 0.1) is 29.9 Å². The number of aromatic amines is 1. The van der Waals surface area contributed by atoms with Crippen molar-refractivity contribution < 1.29 is 18.6 Å². The highest BCUT2D eigenvalue weighted by atomic mass is 19.1. The average molecular weight is 612 g/mol. The third-order valence-corrected chi connectivity index (χ3v) is 10.7. The number of nitrogens with zero attached hydrogens (tertiary/aromatic N) is 6. The van der Waals surface area contributed by atoms with Gasteiger partial charge >= 0.3 is 6.01 Å². The first kappa shape index (κ1) is 27.5. The predicted octanol–water partition coefficient (Wildman–Crippen LogP) is 5.31. The molecule has 0 spiro atoms. The van der Waals surface area contributed by atoms with Gasteiger partial charge in [0.25, 0.3) is 0 Å². The largest absolute Gasteiger partial charge is 0.475 e. The first-order valence-electron chi connectivity index (χ1n) is 16.4. The standard InChI is InChI=1S/C34H38FN7O3/c1-19-13-34(8-4-9-41(34)15-19)18-45-33-38-30-27-31(39-33)42-10-5-11-43-16-22(42)17-44-32(27)37-29(28(30)35)26-23-14-36-40-24(23)12-21-7-3-6-20(2)25(21)26/h12,14,20,22H,1,3-11,13,15-18H2,2H3,(H,36,40)/t20-,22-,34-/m0/s1. The van der Waals surface area contributed by atoms with E-state index in [0.29, 0.717) is 50.1 Å². The topological polar surface area (TPSA) is 102 Å². The fraction of sp³-hybridized carbons (Fsp3) is 0.529. The summed E-state index contributed by atoms with van der Waals surface area (Å²) >= 11 is 0. The fourth-order valence-electron chi connectivity index (χ4n) is 8.64. The molecule has 3 aromatic heterocycles. The lowest BCUT2D eigenvalue weighted by Gasteiger charge is -2.31. The molecule has 0 bridgehead atoms. The Morgan fingerprint density at radius 3 is 3.04 bits per heavy atom. The van der Waals surface area contributed by atoms with Gasteiger partial charge in [-0.15, -0.1) is 0 Å². The lowest BCUT2D eigenvalue weighted by Crippen LogP contribution is -2.43. The second-order valence-corrected chi connectivity index (χ2v) is 13.6. The summed E-state index contributed by atoms with van der Waals surface area (Å²) in [4.78, 5) is 19.4. The van der Waals surface area contributed by atoms with Gasteiger partial charge in [0.2, 0.25) is 5.88 Å². The number of aromatic nitrogens is 5. The Balaban J connectivity index is 1.25. The zero-order valence-corrected chi connectivity index (χ0v) is 25.7. The number of hydrogen-bond donors (Lipinski definition) is 1. The maximum absolute atomic E-state index is 17.3. The number of aryl methyl sites for hydroxylation is 1. The lowest BCUT2D eigenvalue weighted by atomic mass is 9.79. The molecule has 4 aromatic rings.